The number of rotatable bonds is 9. The Hall–Kier alpha value is -3.79. The minimum Gasteiger partial charge on any atom is -0.406 e. The number of aryl methyl sites for hydroxylation is 1. The lowest BCUT2D eigenvalue weighted by atomic mass is 10.0. The van der Waals surface area contributed by atoms with Crippen LogP contribution in [0.4, 0.5) is 24.9 Å². The third-order valence-corrected chi connectivity index (χ3v) is 9.44. The van der Waals surface area contributed by atoms with Crippen LogP contribution in [0.3, 0.4) is 0 Å². The zero-order valence-corrected chi connectivity index (χ0v) is 29.1. The molecule has 4 aromatic rings. The van der Waals surface area contributed by atoms with Gasteiger partial charge in [0.2, 0.25) is 11.9 Å². The molecular weight excluding hydrogens is 683 g/mol. The molecule has 11 nitrogen and oxygen atoms in total. The molecule has 2 fully saturated rings. The van der Waals surface area contributed by atoms with E-state index in [1.807, 2.05) is 40.7 Å². The third-order valence-electron chi connectivity index (χ3n) is 8.40. The molecular formula is C33H39ClF3N7O4S. The minimum absolute atomic E-state index is 0. The van der Waals surface area contributed by atoms with Gasteiger partial charge in [-0.1, -0.05) is 12.1 Å². The molecule has 3 aromatic heterocycles. The summed E-state index contributed by atoms with van der Waals surface area (Å²) in [5.74, 6) is -0.583. The van der Waals surface area contributed by atoms with Gasteiger partial charge in [-0.15, -0.1) is 36.9 Å². The normalized spacial score (nSPS) is 21.6. The maximum Gasteiger partial charge on any atom is 0.573 e. The number of carbonyl (C=O) groups excluding carboxylic acids is 1. The maximum absolute atomic E-state index is 13.0. The lowest BCUT2D eigenvalue weighted by Crippen LogP contribution is -2.46. The topological polar surface area (TPSA) is 154 Å². The van der Waals surface area contributed by atoms with E-state index in [2.05, 4.69) is 25.7 Å². The van der Waals surface area contributed by atoms with E-state index >= 15 is 0 Å². The number of ether oxygens (including phenoxy) is 1. The van der Waals surface area contributed by atoms with Crippen molar-refractivity contribution >= 4 is 51.6 Å². The Kier molecular flexibility index (Phi) is 10.3. The first-order valence-corrected chi connectivity index (χ1v) is 16.6. The zero-order chi connectivity index (χ0) is 34.5. The van der Waals surface area contributed by atoms with E-state index in [4.69, 9.17) is 15.0 Å². The fourth-order valence-corrected chi connectivity index (χ4v) is 7.01. The van der Waals surface area contributed by atoms with Crippen molar-refractivity contribution in [1.82, 2.24) is 25.3 Å². The summed E-state index contributed by atoms with van der Waals surface area (Å²) in [6.07, 6.45) is -3.29. The monoisotopic (exact) mass is 721 g/mol. The molecule has 0 spiro atoms. The molecule has 0 aliphatic heterocycles. The molecule has 1 amide bonds. The average molecular weight is 722 g/mol. The number of amides is 1. The summed E-state index contributed by atoms with van der Waals surface area (Å²) in [6.45, 7) is 9.16. The minimum atomic E-state index is -4.79. The van der Waals surface area contributed by atoms with Gasteiger partial charge in [0.1, 0.15) is 28.2 Å². The van der Waals surface area contributed by atoms with Gasteiger partial charge in [-0.05, 0) is 77.6 Å². The van der Waals surface area contributed by atoms with E-state index in [1.165, 1.54) is 35.6 Å². The van der Waals surface area contributed by atoms with Gasteiger partial charge in [0.25, 0.3) is 0 Å². The second-order valence-corrected chi connectivity index (χ2v) is 14.5. The lowest BCUT2D eigenvalue weighted by Gasteiger charge is -2.24. The summed E-state index contributed by atoms with van der Waals surface area (Å²) in [5.41, 5.74) is 3.12. The number of anilines is 2. The molecule has 2 aliphatic carbocycles. The van der Waals surface area contributed by atoms with Crippen molar-refractivity contribution in [2.45, 2.75) is 96.0 Å². The van der Waals surface area contributed by atoms with E-state index in [9.17, 15) is 28.2 Å². The molecule has 0 saturated heterocycles. The van der Waals surface area contributed by atoms with Crippen molar-refractivity contribution in [1.29, 1.82) is 0 Å². The highest BCUT2D eigenvalue weighted by Gasteiger charge is 2.46. The summed E-state index contributed by atoms with van der Waals surface area (Å²) in [6, 6.07) is 6.29. The van der Waals surface area contributed by atoms with Crippen molar-refractivity contribution in [2.75, 3.05) is 10.6 Å². The van der Waals surface area contributed by atoms with Crippen LogP contribution < -0.4 is 20.7 Å². The fourth-order valence-electron chi connectivity index (χ4n) is 5.94. The van der Waals surface area contributed by atoms with Gasteiger partial charge in [-0.25, -0.2) is 9.97 Å². The number of benzene rings is 1. The molecule has 2 saturated carbocycles. The standard InChI is InChI=1S/C33H38F3N7O4S.ClH/c1-15(17-8-10-19(11-9-17)47-33(34,35)36)38-31-39-16(2)23(30-41-25-22(48-30)12-13-37-24(25)18-6-7-18)28(42-31)40-21-14-20(26(44)27(21)45)29(46)43-32(3,4)5;/h8-13,15,18,20-21,26-27,44-45H,6-7,14H2,1-5H3,(H,43,46)(H2,38,39,40,42);1H/t15-,20+,21-,26-,27+;/m1./s1. The Morgan fingerprint density at radius 2 is 1.73 bits per heavy atom. The van der Waals surface area contributed by atoms with E-state index in [0.717, 1.165) is 28.8 Å². The highest BCUT2D eigenvalue weighted by atomic mass is 35.5. The van der Waals surface area contributed by atoms with Crippen LogP contribution in [-0.2, 0) is 4.79 Å². The zero-order valence-electron chi connectivity index (χ0n) is 27.5. The molecule has 264 valence electrons. The number of aliphatic hydroxyl groups is 2. The molecule has 3 heterocycles. The molecule has 1 aromatic carbocycles. The SMILES string of the molecule is Cc1nc(N[C@H](C)c2ccc(OC(F)(F)F)cc2)nc(N[C@@H]2C[C@H](C(=O)NC(C)(C)C)[C@@H](O)[C@H]2O)c1-c1nc2c(C3CC3)nccc2s1.Cl. The van der Waals surface area contributed by atoms with Gasteiger partial charge in [-0.3, -0.25) is 9.78 Å². The second kappa shape index (κ2) is 13.8. The predicted molar refractivity (Wildman–Crippen MR) is 183 cm³/mol. The van der Waals surface area contributed by atoms with E-state index in [-0.39, 0.29) is 36.4 Å². The van der Waals surface area contributed by atoms with Gasteiger partial charge in [-0.2, -0.15) is 4.98 Å². The number of thiazole rings is 1. The van der Waals surface area contributed by atoms with Crippen molar-refractivity contribution < 1.29 is 32.9 Å². The molecule has 5 atom stereocenters. The molecule has 2 aliphatic rings. The third kappa shape index (κ3) is 8.34. The van der Waals surface area contributed by atoms with Gasteiger partial charge in [0, 0.05) is 17.7 Å². The number of pyridine rings is 1. The number of aromatic nitrogens is 4. The second-order valence-electron chi connectivity index (χ2n) is 13.5. The highest BCUT2D eigenvalue weighted by Crippen LogP contribution is 2.45. The lowest BCUT2D eigenvalue weighted by molar-refractivity contribution is -0.274. The van der Waals surface area contributed by atoms with E-state index in [1.54, 1.807) is 6.20 Å². The van der Waals surface area contributed by atoms with E-state index in [0.29, 0.717) is 33.6 Å². The van der Waals surface area contributed by atoms with E-state index < -0.39 is 42.1 Å². The number of fused-ring (bicyclic) bond motifs is 1. The van der Waals surface area contributed by atoms with Crippen LogP contribution in [0.15, 0.2) is 36.5 Å². The molecule has 49 heavy (non-hydrogen) atoms. The number of hydrogen-bond donors (Lipinski definition) is 5. The number of nitrogens with one attached hydrogen (secondary N) is 3. The van der Waals surface area contributed by atoms with Crippen LogP contribution in [0.5, 0.6) is 5.75 Å². The Balaban J connectivity index is 0.00000468. The number of nitrogens with zero attached hydrogens (tertiary/aromatic N) is 4. The summed E-state index contributed by atoms with van der Waals surface area (Å²) in [7, 11) is 0. The van der Waals surface area contributed by atoms with Crippen LogP contribution in [-0.4, -0.2) is 66.2 Å². The summed E-state index contributed by atoms with van der Waals surface area (Å²) >= 11 is 1.47. The highest BCUT2D eigenvalue weighted by molar-refractivity contribution is 7.21. The van der Waals surface area contributed by atoms with Crippen molar-refractivity contribution in [3.05, 3.63) is 53.5 Å². The smallest absolute Gasteiger partial charge is 0.406 e. The molecule has 0 unspecified atom stereocenters. The number of hydrogen-bond acceptors (Lipinski definition) is 11. The predicted octanol–water partition coefficient (Wildman–Crippen LogP) is 6.26. The van der Waals surface area contributed by atoms with Gasteiger partial charge >= 0.3 is 6.36 Å². The van der Waals surface area contributed by atoms with Gasteiger partial charge in [0.05, 0.1) is 45.8 Å². The van der Waals surface area contributed by atoms with Crippen molar-refractivity contribution in [2.24, 2.45) is 5.92 Å². The van der Waals surface area contributed by atoms with Crippen LogP contribution in [0.25, 0.3) is 20.8 Å². The van der Waals surface area contributed by atoms with Crippen LogP contribution in [0, 0.1) is 12.8 Å². The van der Waals surface area contributed by atoms with Gasteiger partial charge < -0.3 is 30.9 Å². The first-order chi connectivity index (χ1) is 22.6. The molecule has 0 bridgehead atoms. The Morgan fingerprint density at radius 3 is 2.37 bits per heavy atom. The summed E-state index contributed by atoms with van der Waals surface area (Å²) < 4.78 is 42.9. The maximum atomic E-state index is 13.0. The number of halogens is 4. The first kappa shape index (κ1) is 36.5. The summed E-state index contributed by atoms with van der Waals surface area (Å²) in [4.78, 5) is 32.1. The largest absolute Gasteiger partial charge is 0.573 e. The molecule has 5 N–H and O–H groups in total. The fraction of sp³-hybridized carbons (Fsp3) is 0.485. The quantitative estimate of drug-likeness (QED) is 0.134. The number of carbonyl (C=O) groups is 1. The molecule has 0 radical (unpaired) electrons. The van der Waals surface area contributed by atoms with Crippen LogP contribution in [0.1, 0.15) is 75.9 Å². The molecule has 6 rings (SSSR count). The van der Waals surface area contributed by atoms with Crippen molar-refractivity contribution in [3.8, 4) is 16.3 Å². The Morgan fingerprint density at radius 1 is 1.04 bits per heavy atom. The summed E-state index contributed by atoms with van der Waals surface area (Å²) in [5, 5.41) is 32.0. The first-order valence-electron chi connectivity index (χ1n) is 15.8. The average Bonchev–Trinajstić information content (AvgIpc) is 3.68. The van der Waals surface area contributed by atoms with Crippen molar-refractivity contribution in [3.63, 3.8) is 0 Å². The number of alkyl halides is 3. The van der Waals surface area contributed by atoms with Crippen LogP contribution >= 0.6 is 23.7 Å². The Bertz CT molecular complexity index is 1820. The number of aliphatic hydroxyl groups excluding tert-OH is 2. The van der Waals surface area contributed by atoms with Gasteiger partial charge in [0.15, 0.2) is 0 Å². The Labute approximate surface area is 291 Å². The van der Waals surface area contributed by atoms with Crippen LogP contribution in [0.2, 0.25) is 0 Å². The molecule has 16 heteroatoms.